The van der Waals surface area contributed by atoms with Crippen LogP contribution < -0.4 is 19.5 Å². The molecule has 7 nitrogen and oxygen atoms in total. The summed E-state index contributed by atoms with van der Waals surface area (Å²) < 4.78 is 37.4. The third-order valence-corrected chi connectivity index (χ3v) is 5.56. The smallest absolute Gasteiger partial charge is 0.248 e. The van der Waals surface area contributed by atoms with Gasteiger partial charge < -0.3 is 14.8 Å². The molecule has 0 atom stereocenters. The predicted molar refractivity (Wildman–Crippen MR) is 107 cm³/mol. The molecule has 3 rings (SSSR count). The van der Waals surface area contributed by atoms with Crippen LogP contribution in [0.4, 0.5) is 5.69 Å². The number of sulfonamides is 1. The van der Waals surface area contributed by atoms with E-state index in [1.54, 1.807) is 30.3 Å². The van der Waals surface area contributed by atoms with Crippen LogP contribution in [0.1, 0.15) is 25.3 Å². The van der Waals surface area contributed by atoms with Gasteiger partial charge in [0.05, 0.1) is 4.90 Å². The predicted octanol–water partition coefficient (Wildman–Crippen LogP) is 3.15. The van der Waals surface area contributed by atoms with Crippen LogP contribution in [-0.4, -0.2) is 27.7 Å². The number of ether oxygens (including phenoxy) is 2. The summed E-state index contributed by atoms with van der Waals surface area (Å²) in [5.74, 6) is 1.00. The molecule has 0 aliphatic carbocycles. The van der Waals surface area contributed by atoms with Gasteiger partial charge >= 0.3 is 0 Å². The molecule has 0 aromatic heterocycles. The monoisotopic (exact) mass is 402 g/mol. The number of rotatable bonds is 8. The van der Waals surface area contributed by atoms with E-state index < -0.39 is 10.0 Å². The summed E-state index contributed by atoms with van der Waals surface area (Å²) in [5.41, 5.74) is 1.31. The molecule has 1 aliphatic rings. The first kappa shape index (κ1) is 19.9. The summed E-state index contributed by atoms with van der Waals surface area (Å²) in [6, 6.07) is 11.4. The van der Waals surface area contributed by atoms with Crippen molar-refractivity contribution in [2.75, 3.05) is 18.7 Å². The third-order valence-electron chi connectivity index (χ3n) is 4.08. The number of fused-ring (bicyclic) bond motifs is 1. The molecule has 1 amide bonds. The molecule has 0 radical (unpaired) electrons. The molecule has 8 heteroatoms. The average molecular weight is 402 g/mol. The first-order chi connectivity index (χ1) is 13.5. The first-order valence-corrected chi connectivity index (χ1v) is 10.4. The number of benzene rings is 2. The van der Waals surface area contributed by atoms with Gasteiger partial charge in [0.25, 0.3) is 0 Å². The van der Waals surface area contributed by atoms with Gasteiger partial charge in [-0.15, -0.1) is 0 Å². The van der Waals surface area contributed by atoms with Crippen LogP contribution in [0.2, 0.25) is 0 Å². The Morgan fingerprint density at radius 2 is 1.86 bits per heavy atom. The van der Waals surface area contributed by atoms with E-state index in [0.717, 1.165) is 18.4 Å². The van der Waals surface area contributed by atoms with Gasteiger partial charge in [-0.3, -0.25) is 4.79 Å². The van der Waals surface area contributed by atoms with Crippen molar-refractivity contribution < 1.29 is 22.7 Å². The van der Waals surface area contributed by atoms with Gasteiger partial charge in [0.2, 0.25) is 22.7 Å². The Kier molecular flexibility index (Phi) is 6.33. The number of unbranched alkanes of at least 4 members (excludes halogenated alkanes) is 1. The molecule has 0 unspecified atom stereocenters. The van der Waals surface area contributed by atoms with E-state index in [0.29, 0.717) is 23.7 Å². The number of nitrogens with one attached hydrogen (secondary N) is 2. The fraction of sp³-hybridized carbons (Fsp3) is 0.250. The Bertz CT molecular complexity index is 969. The fourth-order valence-corrected chi connectivity index (χ4v) is 3.63. The van der Waals surface area contributed by atoms with E-state index in [2.05, 4.69) is 10.0 Å². The molecule has 28 heavy (non-hydrogen) atoms. The second-order valence-electron chi connectivity index (χ2n) is 6.21. The van der Waals surface area contributed by atoms with Crippen molar-refractivity contribution in [3.63, 3.8) is 0 Å². The van der Waals surface area contributed by atoms with E-state index in [1.807, 2.05) is 13.0 Å². The minimum atomic E-state index is -3.53. The molecule has 148 valence electrons. The van der Waals surface area contributed by atoms with Gasteiger partial charge in [-0.1, -0.05) is 19.4 Å². The zero-order valence-electron chi connectivity index (χ0n) is 15.5. The standard InChI is InChI=1S/C20H22N2O5S/c1-2-3-12-21-28(24,25)17-8-6-16(7-9-17)22-20(23)11-5-15-4-10-18-19(13-15)27-14-26-18/h4-11,13,21H,2-3,12,14H2,1H3,(H,22,23). The van der Waals surface area contributed by atoms with E-state index in [9.17, 15) is 13.2 Å². The topological polar surface area (TPSA) is 93.7 Å². The summed E-state index contributed by atoms with van der Waals surface area (Å²) in [6.07, 6.45) is 4.75. The van der Waals surface area contributed by atoms with Gasteiger partial charge in [-0.05, 0) is 54.5 Å². The van der Waals surface area contributed by atoms with E-state index in [4.69, 9.17) is 9.47 Å². The normalized spacial score (nSPS) is 13.0. The second kappa shape index (κ2) is 8.90. The third kappa shape index (κ3) is 5.11. The zero-order chi connectivity index (χ0) is 20.0. The van der Waals surface area contributed by atoms with E-state index in [-0.39, 0.29) is 17.6 Å². The zero-order valence-corrected chi connectivity index (χ0v) is 16.3. The minimum Gasteiger partial charge on any atom is -0.454 e. The Labute approximate surface area is 164 Å². The number of carbonyl (C=O) groups excluding carboxylic acids is 1. The van der Waals surface area contributed by atoms with Crippen molar-refractivity contribution in [3.05, 3.63) is 54.1 Å². The lowest BCUT2D eigenvalue weighted by Crippen LogP contribution is -2.24. The van der Waals surface area contributed by atoms with Crippen molar-refractivity contribution in [1.29, 1.82) is 0 Å². The maximum Gasteiger partial charge on any atom is 0.248 e. The maximum atomic E-state index is 12.2. The maximum absolute atomic E-state index is 12.2. The Morgan fingerprint density at radius 1 is 1.11 bits per heavy atom. The van der Waals surface area contributed by atoms with Crippen molar-refractivity contribution in [2.45, 2.75) is 24.7 Å². The minimum absolute atomic E-state index is 0.164. The molecule has 0 saturated carbocycles. The largest absolute Gasteiger partial charge is 0.454 e. The Morgan fingerprint density at radius 3 is 2.61 bits per heavy atom. The lowest BCUT2D eigenvalue weighted by atomic mass is 10.2. The SMILES string of the molecule is CCCCNS(=O)(=O)c1ccc(NC(=O)C=Cc2ccc3c(c2)OCO3)cc1. The summed E-state index contributed by atoms with van der Waals surface area (Å²) >= 11 is 0. The molecule has 2 N–H and O–H groups in total. The van der Waals surface area contributed by atoms with Gasteiger partial charge in [0, 0.05) is 18.3 Å². The van der Waals surface area contributed by atoms with Gasteiger partial charge in [0.1, 0.15) is 0 Å². The highest BCUT2D eigenvalue weighted by Crippen LogP contribution is 2.32. The lowest BCUT2D eigenvalue weighted by molar-refractivity contribution is -0.111. The summed E-state index contributed by atoms with van der Waals surface area (Å²) in [5, 5.41) is 2.70. The van der Waals surface area contributed by atoms with Crippen LogP contribution in [0.25, 0.3) is 6.08 Å². The highest BCUT2D eigenvalue weighted by atomic mass is 32.2. The molecule has 1 heterocycles. The summed E-state index contributed by atoms with van der Waals surface area (Å²) in [7, 11) is -3.53. The van der Waals surface area contributed by atoms with Crippen LogP contribution in [0.15, 0.2) is 53.4 Å². The highest BCUT2D eigenvalue weighted by Gasteiger charge is 2.13. The first-order valence-electron chi connectivity index (χ1n) is 8.96. The van der Waals surface area contributed by atoms with Crippen molar-refractivity contribution in [2.24, 2.45) is 0 Å². The van der Waals surface area contributed by atoms with Crippen molar-refractivity contribution in [3.8, 4) is 11.5 Å². The average Bonchev–Trinajstić information content (AvgIpc) is 3.15. The molecule has 1 aliphatic heterocycles. The summed E-state index contributed by atoms with van der Waals surface area (Å²) in [4.78, 5) is 12.3. The van der Waals surface area contributed by atoms with Crippen LogP contribution in [0, 0.1) is 0 Å². The van der Waals surface area contributed by atoms with Gasteiger partial charge in [-0.2, -0.15) is 0 Å². The lowest BCUT2D eigenvalue weighted by Gasteiger charge is -2.07. The Balaban J connectivity index is 1.58. The van der Waals surface area contributed by atoms with E-state index in [1.165, 1.54) is 18.2 Å². The van der Waals surface area contributed by atoms with Gasteiger partial charge in [0.15, 0.2) is 11.5 Å². The van der Waals surface area contributed by atoms with Crippen LogP contribution >= 0.6 is 0 Å². The molecule has 0 fully saturated rings. The molecule has 0 saturated heterocycles. The second-order valence-corrected chi connectivity index (χ2v) is 7.98. The number of hydrogen-bond acceptors (Lipinski definition) is 5. The fourth-order valence-electron chi connectivity index (χ4n) is 2.56. The highest BCUT2D eigenvalue weighted by molar-refractivity contribution is 7.89. The molecular weight excluding hydrogens is 380 g/mol. The van der Waals surface area contributed by atoms with Crippen molar-refractivity contribution in [1.82, 2.24) is 4.72 Å². The molecular formula is C20H22N2O5S. The number of hydrogen-bond donors (Lipinski definition) is 2. The molecule has 0 bridgehead atoms. The molecule has 2 aromatic rings. The Hall–Kier alpha value is -2.84. The van der Waals surface area contributed by atoms with Crippen LogP contribution in [-0.2, 0) is 14.8 Å². The quantitative estimate of drug-likeness (QED) is 0.523. The van der Waals surface area contributed by atoms with Crippen LogP contribution in [0.3, 0.4) is 0 Å². The van der Waals surface area contributed by atoms with Gasteiger partial charge in [-0.25, -0.2) is 13.1 Å². The molecule has 2 aromatic carbocycles. The van der Waals surface area contributed by atoms with E-state index >= 15 is 0 Å². The van der Waals surface area contributed by atoms with Crippen LogP contribution in [0.5, 0.6) is 11.5 Å². The molecule has 0 spiro atoms. The number of anilines is 1. The summed E-state index contributed by atoms with van der Waals surface area (Å²) in [6.45, 7) is 2.59. The number of amides is 1. The van der Waals surface area contributed by atoms with Crippen molar-refractivity contribution >= 4 is 27.7 Å². The number of carbonyl (C=O) groups is 1.